The normalized spacial score (nSPS) is 11.7. The van der Waals surface area contributed by atoms with Crippen LogP contribution in [0, 0.1) is 0 Å². The fourth-order valence-electron chi connectivity index (χ4n) is 3.73. The SMILES string of the molecule is COc1cc(C=C(SOSC(=Cc2cc(OC)cc(OC)c2)c2ccccc2)c2ccccc2)cc(OC)c1. The van der Waals surface area contributed by atoms with Gasteiger partial charge >= 0.3 is 0 Å². The minimum atomic E-state index is 0.719. The molecule has 0 amide bonds. The molecule has 0 bridgehead atoms. The van der Waals surface area contributed by atoms with Crippen LogP contribution in [0.1, 0.15) is 22.3 Å². The first-order chi connectivity index (χ1) is 19.1. The molecule has 0 unspecified atom stereocenters. The summed E-state index contributed by atoms with van der Waals surface area (Å²) in [5.74, 6) is 2.88. The maximum atomic E-state index is 6.21. The van der Waals surface area contributed by atoms with Gasteiger partial charge in [-0.05, 0) is 58.7 Å². The second-order valence-electron chi connectivity index (χ2n) is 8.28. The molecule has 0 radical (unpaired) electrons. The van der Waals surface area contributed by atoms with Crippen LogP contribution in [0.25, 0.3) is 22.0 Å². The zero-order valence-electron chi connectivity index (χ0n) is 22.3. The van der Waals surface area contributed by atoms with Crippen LogP contribution >= 0.6 is 24.1 Å². The van der Waals surface area contributed by atoms with E-state index in [1.165, 1.54) is 24.1 Å². The lowest BCUT2D eigenvalue weighted by molar-refractivity contribution is 0.394. The maximum absolute atomic E-state index is 6.21. The Hall–Kier alpha value is -3.78. The second-order valence-corrected chi connectivity index (χ2v) is 10.0. The summed E-state index contributed by atoms with van der Waals surface area (Å²) < 4.78 is 28.0. The molecule has 0 spiro atoms. The van der Waals surface area contributed by atoms with Gasteiger partial charge in [-0.1, -0.05) is 60.7 Å². The lowest BCUT2D eigenvalue weighted by atomic mass is 10.1. The molecule has 7 heteroatoms. The zero-order valence-corrected chi connectivity index (χ0v) is 23.9. The Morgan fingerprint density at radius 3 is 1.13 bits per heavy atom. The Bertz CT molecular complexity index is 1270. The molecule has 0 aliphatic rings. The quantitative estimate of drug-likeness (QED) is 0.127. The molecule has 0 N–H and O–H groups in total. The van der Waals surface area contributed by atoms with Gasteiger partial charge in [-0.15, -0.1) is 0 Å². The minimum absolute atomic E-state index is 0.719. The fraction of sp³-hybridized carbons (Fsp3) is 0.125. The molecular formula is C32H30O5S2. The molecule has 0 fully saturated rings. The fourth-order valence-corrected chi connectivity index (χ4v) is 5.29. The van der Waals surface area contributed by atoms with Crippen molar-refractivity contribution in [2.75, 3.05) is 28.4 Å². The molecule has 4 aromatic carbocycles. The third-order valence-electron chi connectivity index (χ3n) is 5.71. The van der Waals surface area contributed by atoms with Crippen LogP contribution in [0.3, 0.4) is 0 Å². The maximum Gasteiger partial charge on any atom is 0.123 e. The molecule has 4 aromatic rings. The van der Waals surface area contributed by atoms with Gasteiger partial charge in [0.1, 0.15) is 23.0 Å². The van der Waals surface area contributed by atoms with E-state index in [2.05, 4.69) is 36.4 Å². The number of rotatable bonds is 12. The molecule has 4 rings (SSSR count). The predicted octanol–water partition coefficient (Wildman–Crippen LogP) is 8.73. The van der Waals surface area contributed by atoms with Crippen molar-refractivity contribution < 1.29 is 22.6 Å². The van der Waals surface area contributed by atoms with E-state index in [-0.39, 0.29) is 0 Å². The number of methoxy groups -OCH3 is 4. The average Bonchev–Trinajstić information content (AvgIpc) is 3.00. The summed E-state index contributed by atoms with van der Waals surface area (Å²) in [4.78, 5) is 1.88. The van der Waals surface area contributed by atoms with Crippen LogP contribution in [-0.2, 0) is 3.63 Å². The Labute approximate surface area is 238 Å². The molecule has 5 nitrogen and oxygen atoms in total. The van der Waals surface area contributed by atoms with E-state index < -0.39 is 0 Å². The van der Waals surface area contributed by atoms with E-state index in [4.69, 9.17) is 22.6 Å². The molecule has 0 aliphatic heterocycles. The molecule has 200 valence electrons. The molecule has 0 heterocycles. The summed E-state index contributed by atoms with van der Waals surface area (Å²) in [7, 11) is 6.57. The van der Waals surface area contributed by atoms with Crippen molar-refractivity contribution in [1.82, 2.24) is 0 Å². The monoisotopic (exact) mass is 558 g/mol. The van der Waals surface area contributed by atoms with Crippen molar-refractivity contribution in [1.29, 1.82) is 0 Å². The van der Waals surface area contributed by atoms with Crippen LogP contribution in [0.5, 0.6) is 23.0 Å². The van der Waals surface area contributed by atoms with E-state index in [0.29, 0.717) is 0 Å². The first-order valence-electron chi connectivity index (χ1n) is 12.1. The van der Waals surface area contributed by atoms with E-state index in [0.717, 1.165) is 55.1 Å². The summed E-state index contributed by atoms with van der Waals surface area (Å²) in [5.41, 5.74) is 3.95. The van der Waals surface area contributed by atoms with Crippen molar-refractivity contribution in [2.24, 2.45) is 0 Å². The van der Waals surface area contributed by atoms with Crippen LogP contribution in [-0.4, -0.2) is 28.4 Å². The number of hydrogen-bond acceptors (Lipinski definition) is 7. The Morgan fingerprint density at radius 2 is 0.821 bits per heavy atom. The van der Waals surface area contributed by atoms with Crippen LogP contribution in [0.4, 0.5) is 0 Å². The third kappa shape index (κ3) is 8.10. The Balaban J connectivity index is 1.64. The molecule has 0 atom stereocenters. The highest BCUT2D eigenvalue weighted by Gasteiger charge is 2.11. The first-order valence-corrected chi connectivity index (χ1v) is 13.6. The summed E-state index contributed by atoms with van der Waals surface area (Å²) in [6, 6.07) is 31.8. The highest BCUT2D eigenvalue weighted by atomic mass is 32.2. The molecule has 0 aromatic heterocycles. The average molecular weight is 559 g/mol. The van der Waals surface area contributed by atoms with Gasteiger partial charge < -0.3 is 18.9 Å². The van der Waals surface area contributed by atoms with Gasteiger partial charge in [0, 0.05) is 46.0 Å². The zero-order chi connectivity index (χ0) is 27.5. The number of ether oxygens (including phenoxy) is 4. The summed E-state index contributed by atoms with van der Waals surface area (Å²) in [6.45, 7) is 0. The summed E-state index contributed by atoms with van der Waals surface area (Å²) in [6.07, 6.45) is 4.12. The van der Waals surface area contributed by atoms with E-state index in [1.807, 2.05) is 72.8 Å². The van der Waals surface area contributed by atoms with Gasteiger partial charge in [0.2, 0.25) is 0 Å². The smallest absolute Gasteiger partial charge is 0.123 e. The highest BCUT2D eigenvalue weighted by molar-refractivity contribution is 8.16. The van der Waals surface area contributed by atoms with Gasteiger partial charge in [-0.3, -0.25) is 0 Å². The van der Waals surface area contributed by atoms with Crippen molar-refractivity contribution in [3.8, 4) is 23.0 Å². The van der Waals surface area contributed by atoms with E-state index in [1.54, 1.807) is 28.4 Å². The van der Waals surface area contributed by atoms with E-state index >= 15 is 0 Å². The standard InChI is InChI=1S/C32H30O5S2/c1-33-27-15-23(16-28(21-27)34-2)19-31(25-11-7-5-8-12-25)38-37-39-32(26-13-9-6-10-14-26)20-24-17-29(35-3)22-30(18-24)36-4/h5-22H,1-4H3. The molecule has 0 saturated carbocycles. The number of hydrogen-bond donors (Lipinski definition) is 0. The minimum Gasteiger partial charge on any atom is -0.497 e. The topological polar surface area (TPSA) is 46.2 Å². The van der Waals surface area contributed by atoms with Crippen molar-refractivity contribution in [2.45, 2.75) is 0 Å². The predicted molar refractivity (Wildman–Crippen MR) is 164 cm³/mol. The van der Waals surface area contributed by atoms with Gasteiger partial charge in [0.15, 0.2) is 0 Å². The van der Waals surface area contributed by atoms with Crippen molar-refractivity contribution in [3.63, 3.8) is 0 Å². The second kappa shape index (κ2) is 14.4. The lowest BCUT2D eigenvalue weighted by Gasteiger charge is -2.11. The lowest BCUT2D eigenvalue weighted by Crippen LogP contribution is -1.89. The molecule has 0 saturated heterocycles. The van der Waals surface area contributed by atoms with Gasteiger partial charge in [0.05, 0.1) is 28.4 Å². The van der Waals surface area contributed by atoms with Gasteiger partial charge in [-0.25, -0.2) is 3.63 Å². The Morgan fingerprint density at radius 1 is 0.487 bits per heavy atom. The third-order valence-corrected chi connectivity index (χ3v) is 7.32. The van der Waals surface area contributed by atoms with Crippen molar-refractivity contribution >= 4 is 46.0 Å². The van der Waals surface area contributed by atoms with E-state index in [9.17, 15) is 0 Å². The van der Waals surface area contributed by atoms with Gasteiger partial charge in [-0.2, -0.15) is 0 Å². The highest BCUT2D eigenvalue weighted by Crippen LogP contribution is 2.40. The van der Waals surface area contributed by atoms with Gasteiger partial charge in [0.25, 0.3) is 0 Å². The van der Waals surface area contributed by atoms with Crippen LogP contribution in [0.15, 0.2) is 97.1 Å². The summed E-state index contributed by atoms with van der Waals surface area (Å²) >= 11 is 2.59. The first kappa shape index (κ1) is 28.2. The Kier molecular flexibility index (Phi) is 10.4. The van der Waals surface area contributed by atoms with Crippen LogP contribution in [0.2, 0.25) is 0 Å². The van der Waals surface area contributed by atoms with Crippen molar-refractivity contribution in [3.05, 3.63) is 119 Å². The molecular weight excluding hydrogens is 528 g/mol. The molecule has 39 heavy (non-hydrogen) atoms. The summed E-state index contributed by atoms with van der Waals surface area (Å²) in [5, 5.41) is 0. The largest absolute Gasteiger partial charge is 0.497 e. The van der Waals surface area contributed by atoms with Crippen LogP contribution < -0.4 is 18.9 Å². The molecule has 0 aliphatic carbocycles. The number of benzene rings is 4.